The van der Waals surface area contributed by atoms with Gasteiger partial charge in [0.2, 0.25) is 0 Å². The van der Waals surface area contributed by atoms with Crippen LogP contribution in [0, 0.1) is 0 Å². The summed E-state index contributed by atoms with van der Waals surface area (Å²) in [6.45, 7) is 0. The maximum Gasteiger partial charge on any atom is 0.125 e. The van der Waals surface area contributed by atoms with E-state index in [0.29, 0.717) is 6.04 Å². The molecule has 1 saturated carbocycles. The minimum Gasteiger partial charge on any atom is -0.371 e. The maximum atomic E-state index is 6.02. The molecule has 1 atom stereocenters. The number of hydrogen-bond donors (Lipinski definition) is 1. The molecule has 0 radical (unpaired) electrons. The van der Waals surface area contributed by atoms with E-state index in [2.05, 4.69) is 12.4 Å². The molecule has 0 spiro atoms. The van der Waals surface area contributed by atoms with Gasteiger partial charge in [-0.25, -0.2) is 4.98 Å². The minimum atomic E-state index is -0.100. The lowest BCUT2D eigenvalue weighted by atomic mass is 9.94. The van der Waals surface area contributed by atoms with Crippen LogP contribution in [-0.4, -0.2) is 19.1 Å². The van der Waals surface area contributed by atoms with Gasteiger partial charge in [0.15, 0.2) is 0 Å². The van der Waals surface area contributed by atoms with Gasteiger partial charge >= 0.3 is 0 Å². The van der Waals surface area contributed by atoms with Gasteiger partial charge in [-0.1, -0.05) is 25.7 Å². The van der Waals surface area contributed by atoms with Gasteiger partial charge in [0.25, 0.3) is 0 Å². The first-order valence-electron chi connectivity index (χ1n) is 8.01. The van der Waals surface area contributed by atoms with Gasteiger partial charge in [-0.15, -0.1) is 11.3 Å². The fourth-order valence-corrected chi connectivity index (χ4v) is 5.09. The lowest BCUT2D eigenvalue weighted by Gasteiger charge is -2.29. The maximum absolute atomic E-state index is 6.02. The minimum absolute atomic E-state index is 0.100. The molecule has 1 unspecified atom stereocenters. The average Bonchev–Trinajstić information content (AvgIpc) is 2.78. The highest BCUT2D eigenvalue weighted by Crippen LogP contribution is 2.44. The molecule has 0 saturated heterocycles. The smallest absolute Gasteiger partial charge is 0.125 e. The van der Waals surface area contributed by atoms with Gasteiger partial charge in [0, 0.05) is 12.0 Å². The number of rotatable bonds is 3. The molecule has 3 nitrogen and oxygen atoms in total. The number of methoxy groups -OCH3 is 1. The van der Waals surface area contributed by atoms with Gasteiger partial charge < -0.3 is 10.1 Å². The molecule has 1 heterocycles. The van der Waals surface area contributed by atoms with E-state index in [1.165, 1.54) is 60.5 Å². The van der Waals surface area contributed by atoms with E-state index >= 15 is 0 Å². The highest BCUT2D eigenvalue weighted by Gasteiger charge is 2.37. The summed E-state index contributed by atoms with van der Waals surface area (Å²) in [6, 6.07) is 0.448. The summed E-state index contributed by atoms with van der Waals surface area (Å²) in [4.78, 5) is 6.53. The number of thiazole rings is 1. The Morgan fingerprint density at radius 2 is 1.95 bits per heavy atom. The van der Waals surface area contributed by atoms with Crippen LogP contribution in [0.2, 0.25) is 0 Å². The topological polar surface area (TPSA) is 34.1 Å². The Morgan fingerprint density at radius 3 is 2.60 bits per heavy atom. The summed E-state index contributed by atoms with van der Waals surface area (Å²) in [5.74, 6) is 0. The van der Waals surface area contributed by atoms with E-state index < -0.39 is 0 Å². The fraction of sp³-hybridized carbons (Fsp3) is 0.812. The third-order valence-electron chi connectivity index (χ3n) is 4.99. The van der Waals surface area contributed by atoms with E-state index in [0.717, 1.165) is 12.8 Å². The Balaban J connectivity index is 1.94. The van der Waals surface area contributed by atoms with E-state index in [9.17, 15) is 0 Å². The number of nitrogens with zero attached hydrogens (tertiary/aromatic N) is 1. The van der Waals surface area contributed by atoms with Crippen LogP contribution in [0.3, 0.4) is 0 Å². The summed E-state index contributed by atoms with van der Waals surface area (Å²) in [5, 5.41) is 4.67. The van der Waals surface area contributed by atoms with Crippen molar-refractivity contribution in [3.05, 3.63) is 15.6 Å². The Hall–Kier alpha value is -0.450. The predicted octanol–water partition coefficient (Wildman–Crippen LogP) is 3.94. The first-order valence-corrected chi connectivity index (χ1v) is 8.83. The highest BCUT2D eigenvalue weighted by atomic mass is 32.1. The van der Waals surface area contributed by atoms with Gasteiger partial charge in [-0.05, 0) is 39.2 Å². The molecule has 1 aromatic heterocycles. The number of aromatic nitrogens is 1. The molecule has 1 fully saturated rings. The van der Waals surface area contributed by atoms with Crippen LogP contribution in [-0.2, 0) is 16.8 Å². The van der Waals surface area contributed by atoms with Crippen LogP contribution in [0.15, 0.2) is 0 Å². The molecule has 2 aliphatic rings. The van der Waals surface area contributed by atoms with Crippen LogP contribution >= 0.6 is 11.3 Å². The molecule has 112 valence electrons. The van der Waals surface area contributed by atoms with Crippen molar-refractivity contribution >= 4 is 11.3 Å². The number of hydrogen-bond acceptors (Lipinski definition) is 4. The quantitative estimate of drug-likeness (QED) is 0.858. The summed E-state index contributed by atoms with van der Waals surface area (Å²) >= 11 is 1.92. The van der Waals surface area contributed by atoms with Crippen molar-refractivity contribution in [3.63, 3.8) is 0 Å². The van der Waals surface area contributed by atoms with Crippen molar-refractivity contribution < 1.29 is 4.74 Å². The average molecular weight is 294 g/mol. The van der Waals surface area contributed by atoms with E-state index in [-0.39, 0.29) is 5.60 Å². The van der Waals surface area contributed by atoms with E-state index in [1.807, 2.05) is 18.4 Å². The molecule has 0 aliphatic heterocycles. The zero-order valence-electron chi connectivity index (χ0n) is 12.7. The molecule has 1 aromatic rings. The summed E-state index contributed by atoms with van der Waals surface area (Å²) < 4.78 is 6.02. The number of nitrogens with one attached hydrogen (secondary N) is 1. The number of fused-ring (bicyclic) bond motifs is 1. The molecule has 2 aliphatic carbocycles. The summed E-state index contributed by atoms with van der Waals surface area (Å²) in [6.07, 6.45) is 11.2. The van der Waals surface area contributed by atoms with Crippen molar-refractivity contribution in [2.75, 3.05) is 14.2 Å². The molecule has 3 rings (SSSR count). The molecule has 1 N–H and O–H groups in total. The zero-order valence-corrected chi connectivity index (χ0v) is 13.5. The van der Waals surface area contributed by atoms with Gasteiger partial charge in [-0.3, -0.25) is 0 Å². The zero-order chi connectivity index (χ0) is 14.0. The molecule has 0 amide bonds. The van der Waals surface area contributed by atoms with Gasteiger partial charge in [0.1, 0.15) is 10.6 Å². The van der Waals surface area contributed by atoms with Crippen LogP contribution in [0.1, 0.15) is 73.0 Å². The molecule has 4 heteroatoms. The Kier molecular flexibility index (Phi) is 4.43. The van der Waals surface area contributed by atoms with Gasteiger partial charge in [0.05, 0.1) is 11.7 Å². The predicted molar refractivity (Wildman–Crippen MR) is 83.2 cm³/mol. The molecule has 0 aromatic carbocycles. The second-order valence-electron chi connectivity index (χ2n) is 6.17. The van der Waals surface area contributed by atoms with Crippen LogP contribution in [0.25, 0.3) is 0 Å². The second kappa shape index (κ2) is 6.12. The number of ether oxygens (including phenoxy) is 1. The standard InChI is InChI=1S/C16H26N2OS/c1-17-12-8-7-9-13-14(12)18-15(20-13)16(19-2)10-5-3-4-6-11-16/h12,17H,3-11H2,1-2H3. The van der Waals surface area contributed by atoms with Crippen molar-refractivity contribution in [3.8, 4) is 0 Å². The van der Waals surface area contributed by atoms with E-state index in [4.69, 9.17) is 9.72 Å². The van der Waals surface area contributed by atoms with Crippen LogP contribution in [0.5, 0.6) is 0 Å². The highest BCUT2D eigenvalue weighted by molar-refractivity contribution is 7.11. The first kappa shape index (κ1) is 14.5. The van der Waals surface area contributed by atoms with E-state index in [1.54, 1.807) is 0 Å². The SMILES string of the molecule is CNC1CCCc2sc(C3(OC)CCCCCC3)nc21. The van der Waals surface area contributed by atoms with Crippen molar-refractivity contribution in [2.45, 2.75) is 69.4 Å². The number of aryl methyl sites for hydroxylation is 1. The molecule has 0 bridgehead atoms. The Morgan fingerprint density at radius 1 is 1.20 bits per heavy atom. The van der Waals surface area contributed by atoms with Crippen molar-refractivity contribution in [1.29, 1.82) is 0 Å². The molecular weight excluding hydrogens is 268 g/mol. The summed E-state index contributed by atoms with van der Waals surface area (Å²) in [5.41, 5.74) is 1.20. The first-order chi connectivity index (χ1) is 9.79. The molecular formula is C16H26N2OS. The lowest BCUT2D eigenvalue weighted by molar-refractivity contribution is -0.0281. The van der Waals surface area contributed by atoms with Gasteiger partial charge in [-0.2, -0.15) is 0 Å². The van der Waals surface area contributed by atoms with Crippen molar-refractivity contribution in [2.24, 2.45) is 0 Å². The fourth-order valence-electron chi connectivity index (χ4n) is 3.70. The Labute approximate surface area is 126 Å². The lowest BCUT2D eigenvalue weighted by Crippen LogP contribution is -2.28. The Bertz CT molecular complexity index is 449. The van der Waals surface area contributed by atoms with Crippen molar-refractivity contribution in [1.82, 2.24) is 10.3 Å². The summed E-state index contributed by atoms with van der Waals surface area (Å²) in [7, 11) is 3.93. The monoisotopic (exact) mass is 294 g/mol. The third-order valence-corrected chi connectivity index (χ3v) is 6.31. The van der Waals surface area contributed by atoms with Crippen LogP contribution in [0.4, 0.5) is 0 Å². The third kappa shape index (κ3) is 2.53. The van der Waals surface area contributed by atoms with Crippen LogP contribution < -0.4 is 5.32 Å². The second-order valence-corrected chi connectivity index (χ2v) is 7.26. The normalized spacial score (nSPS) is 26.0. The molecule has 20 heavy (non-hydrogen) atoms. The largest absolute Gasteiger partial charge is 0.371 e.